The first-order chi connectivity index (χ1) is 12.8. The number of halogens is 2. The summed E-state index contributed by atoms with van der Waals surface area (Å²) < 4.78 is 36.1. The van der Waals surface area contributed by atoms with Crippen molar-refractivity contribution in [3.8, 4) is 11.3 Å². The van der Waals surface area contributed by atoms with Crippen molar-refractivity contribution in [2.24, 2.45) is 0 Å². The summed E-state index contributed by atoms with van der Waals surface area (Å²) in [4.78, 5) is 28.2. The normalized spacial score (nSPS) is 11.9. The highest BCUT2D eigenvalue weighted by Gasteiger charge is 2.22. The van der Waals surface area contributed by atoms with Crippen LogP contribution < -0.4 is 5.32 Å². The third-order valence-electron chi connectivity index (χ3n) is 3.43. The molecule has 27 heavy (non-hydrogen) atoms. The minimum Gasteiger partial charge on any atom is -0.447 e. The molecule has 0 bridgehead atoms. The Morgan fingerprint density at radius 3 is 2.70 bits per heavy atom. The summed E-state index contributed by atoms with van der Waals surface area (Å²) in [7, 11) is 0. The molecule has 10 heteroatoms. The SMILES string of the molecule is Cc1cc(C(=O)O[C@@H](C)C(=O)Nc2nc(-c3ccc(F)c(F)c3)cs2)on1. The van der Waals surface area contributed by atoms with E-state index in [1.165, 1.54) is 19.1 Å². The Balaban J connectivity index is 1.63. The fraction of sp³-hybridized carbons (Fsp3) is 0.176. The van der Waals surface area contributed by atoms with Crippen molar-refractivity contribution in [3.05, 3.63) is 52.7 Å². The van der Waals surface area contributed by atoms with Gasteiger partial charge in [0.25, 0.3) is 5.91 Å². The van der Waals surface area contributed by atoms with Crippen molar-refractivity contribution in [2.75, 3.05) is 5.32 Å². The predicted octanol–water partition coefficient (Wildman–Crippen LogP) is 3.57. The molecule has 1 N–H and O–H groups in total. The lowest BCUT2D eigenvalue weighted by molar-refractivity contribution is -0.123. The number of aromatic nitrogens is 2. The van der Waals surface area contributed by atoms with E-state index >= 15 is 0 Å². The Labute approximate surface area is 156 Å². The predicted molar refractivity (Wildman–Crippen MR) is 92.2 cm³/mol. The highest BCUT2D eigenvalue weighted by atomic mass is 32.1. The number of nitrogens with zero attached hydrogens (tertiary/aromatic N) is 2. The second-order valence-corrected chi connectivity index (χ2v) is 6.39. The third kappa shape index (κ3) is 4.34. The van der Waals surface area contributed by atoms with Crippen LogP contribution in [0.2, 0.25) is 0 Å². The summed E-state index contributed by atoms with van der Waals surface area (Å²) in [6.07, 6.45) is -1.11. The largest absolute Gasteiger partial charge is 0.447 e. The van der Waals surface area contributed by atoms with Crippen LogP contribution in [0.5, 0.6) is 0 Å². The highest BCUT2D eigenvalue weighted by Crippen LogP contribution is 2.26. The van der Waals surface area contributed by atoms with Gasteiger partial charge in [-0.05, 0) is 32.0 Å². The number of ether oxygens (including phenoxy) is 1. The van der Waals surface area contributed by atoms with Crippen LogP contribution in [0.15, 0.2) is 34.2 Å². The monoisotopic (exact) mass is 393 g/mol. The van der Waals surface area contributed by atoms with E-state index < -0.39 is 29.6 Å². The summed E-state index contributed by atoms with van der Waals surface area (Å²) in [5.74, 6) is -3.48. The van der Waals surface area contributed by atoms with E-state index in [2.05, 4.69) is 15.5 Å². The highest BCUT2D eigenvalue weighted by molar-refractivity contribution is 7.14. The minimum absolute atomic E-state index is 0.109. The van der Waals surface area contributed by atoms with E-state index in [0.29, 0.717) is 17.0 Å². The molecule has 3 aromatic rings. The van der Waals surface area contributed by atoms with Crippen molar-refractivity contribution in [1.82, 2.24) is 10.1 Å². The first-order valence-corrected chi connectivity index (χ1v) is 8.57. The first-order valence-electron chi connectivity index (χ1n) is 7.69. The van der Waals surface area contributed by atoms with Gasteiger partial charge in [0.05, 0.1) is 11.4 Å². The van der Waals surface area contributed by atoms with E-state index in [0.717, 1.165) is 23.5 Å². The third-order valence-corrected chi connectivity index (χ3v) is 4.19. The average Bonchev–Trinajstić information content (AvgIpc) is 3.26. The molecule has 140 valence electrons. The Bertz CT molecular complexity index is 1000. The minimum atomic E-state index is -1.11. The summed E-state index contributed by atoms with van der Waals surface area (Å²) >= 11 is 1.09. The number of hydrogen-bond acceptors (Lipinski definition) is 7. The van der Waals surface area contributed by atoms with Gasteiger partial charge in [0.1, 0.15) is 0 Å². The molecule has 0 aliphatic carbocycles. The van der Waals surface area contributed by atoms with Crippen LogP contribution in [0.25, 0.3) is 11.3 Å². The molecule has 3 rings (SSSR count). The maximum atomic E-state index is 13.3. The molecular formula is C17H13F2N3O4S. The molecule has 1 aromatic carbocycles. The second-order valence-electron chi connectivity index (χ2n) is 5.54. The fourth-order valence-corrected chi connectivity index (χ4v) is 2.78. The van der Waals surface area contributed by atoms with Gasteiger partial charge in [-0.3, -0.25) is 10.1 Å². The lowest BCUT2D eigenvalue weighted by Crippen LogP contribution is -2.29. The van der Waals surface area contributed by atoms with Crippen molar-refractivity contribution < 1.29 is 27.6 Å². The summed E-state index contributed by atoms with van der Waals surface area (Å²) in [5.41, 5.74) is 1.24. The van der Waals surface area contributed by atoms with Crippen LogP contribution in [0.1, 0.15) is 23.2 Å². The van der Waals surface area contributed by atoms with Crippen molar-refractivity contribution >= 4 is 28.3 Å². The lowest BCUT2D eigenvalue weighted by Gasteiger charge is -2.10. The number of carbonyl (C=O) groups excluding carboxylic acids is 2. The Morgan fingerprint density at radius 1 is 1.26 bits per heavy atom. The van der Waals surface area contributed by atoms with Gasteiger partial charge in [-0.25, -0.2) is 18.6 Å². The smallest absolute Gasteiger partial charge is 0.377 e. The molecule has 2 heterocycles. The molecule has 1 amide bonds. The number of esters is 1. The lowest BCUT2D eigenvalue weighted by atomic mass is 10.2. The summed E-state index contributed by atoms with van der Waals surface area (Å²) in [6.45, 7) is 3.03. The van der Waals surface area contributed by atoms with Crippen LogP contribution in [0.4, 0.5) is 13.9 Å². The van der Waals surface area contributed by atoms with E-state index in [-0.39, 0.29) is 10.9 Å². The molecule has 0 fully saturated rings. The van der Waals surface area contributed by atoms with E-state index in [4.69, 9.17) is 9.26 Å². The molecule has 0 saturated heterocycles. The molecule has 2 aromatic heterocycles. The van der Waals surface area contributed by atoms with Gasteiger partial charge in [-0.1, -0.05) is 5.16 Å². The van der Waals surface area contributed by atoms with E-state index in [9.17, 15) is 18.4 Å². The Kier molecular flexibility index (Phi) is 5.26. The quantitative estimate of drug-likeness (QED) is 0.666. The van der Waals surface area contributed by atoms with Gasteiger partial charge in [-0.2, -0.15) is 0 Å². The van der Waals surface area contributed by atoms with Crippen LogP contribution in [0, 0.1) is 18.6 Å². The molecule has 1 atom stereocenters. The molecule has 7 nitrogen and oxygen atoms in total. The standard InChI is InChI=1S/C17H13F2N3O4S/c1-8-5-14(26-22-8)16(24)25-9(2)15(23)21-17-20-13(7-27-17)10-3-4-11(18)12(19)6-10/h3-7,9H,1-2H3,(H,20,21,23)/t9-/m0/s1. The van der Waals surface area contributed by atoms with E-state index in [1.807, 2.05) is 0 Å². The van der Waals surface area contributed by atoms with Crippen LogP contribution in [0.3, 0.4) is 0 Å². The molecular weight excluding hydrogens is 380 g/mol. The first kappa shape index (κ1) is 18.6. The summed E-state index contributed by atoms with van der Waals surface area (Å²) in [6, 6.07) is 4.78. The Hall–Kier alpha value is -3.14. The number of nitrogens with one attached hydrogen (secondary N) is 1. The van der Waals surface area contributed by atoms with Gasteiger partial charge in [0.15, 0.2) is 22.9 Å². The van der Waals surface area contributed by atoms with Crippen LogP contribution >= 0.6 is 11.3 Å². The van der Waals surface area contributed by atoms with Gasteiger partial charge >= 0.3 is 5.97 Å². The zero-order valence-electron chi connectivity index (χ0n) is 14.2. The fourth-order valence-electron chi connectivity index (χ4n) is 2.06. The molecule has 0 unspecified atom stereocenters. The number of amides is 1. The van der Waals surface area contributed by atoms with Crippen molar-refractivity contribution in [2.45, 2.75) is 20.0 Å². The topological polar surface area (TPSA) is 94.3 Å². The number of anilines is 1. The van der Waals surface area contributed by atoms with Gasteiger partial charge in [0.2, 0.25) is 5.76 Å². The maximum absolute atomic E-state index is 13.3. The van der Waals surface area contributed by atoms with Gasteiger partial charge in [0, 0.05) is 17.0 Å². The number of benzene rings is 1. The molecule has 0 radical (unpaired) electrons. The van der Waals surface area contributed by atoms with Crippen LogP contribution in [-0.2, 0) is 9.53 Å². The molecule has 0 aliphatic heterocycles. The second kappa shape index (κ2) is 7.62. The number of hydrogen-bond donors (Lipinski definition) is 1. The van der Waals surface area contributed by atoms with E-state index in [1.54, 1.807) is 12.3 Å². The number of rotatable bonds is 5. The van der Waals surface area contributed by atoms with Gasteiger partial charge < -0.3 is 9.26 Å². The Morgan fingerprint density at radius 2 is 2.04 bits per heavy atom. The number of carbonyl (C=O) groups is 2. The maximum Gasteiger partial charge on any atom is 0.377 e. The average molecular weight is 393 g/mol. The molecule has 0 spiro atoms. The zero-order chi connectivity index (χ0) is 19.6. The zero-order valence-corrected chi connectivity index (χ0v) is 15.0. The van der Waals surface area contributed by atoms with Crippen molar-refractivity contribution in [3.63, 3.8) is 0 Å². The molecule has 0 saturated carbocycles. The van der Waals surface area contributed by atoms with Crippen molar-refractivity contribution in [1.29, 1.82) is 0 Å². The van der Waals surface area contributed by atoms with Crippen LogP contribution in [-0.4, -0.2) is 28.1 Å². The summed E-state index contributed by atoms with van der Waals surface area (Å²) in [5, 5.41) is 7.86. The van der Waals surface area contributed by atoms with Gasteiger partial charge in [-0.15, -0.1) is 11.3 Å². The number of thiazole rings is 1. The number of aryl methyl sites for hydroxylation is 1. The molecule has 0 aliphatic rings.